The third-order valence-corrected chi connectivity index (χ3v) is 11.9. The SMILES string of the molecule is CC[C@@]1(O)C(=O)OCC2=C1C=C1c3nc4cc(F)c(C)c5c4c(c3CN1C2)[C@@H](NC(=O)OC[C@H](C)SSc1ccccn1)CC5. The zero-order valence-corrected chi connectivity index (χ0v) is 26.8. The number of aromatic nitrogens is 2. The molecule has 7 rings (SSSR count). The predicted molar refractivity (Wildman–Crippen MR) is 171 cm³/mol. The van der Waals surface area contributed by atoms with E-state index in [-0.39, 0.29) is 36.7 Å². The molecular formula is C33H33FN4O5S2. The number of hydrogen-bond acceptors (Lipinski definition) is 10. The summed E-state index contributed by atoms with van der Waals surface area (Å²) in [5.74, 6) is -0.966. The lowest BCUT2D eigenvalue weighted by Crippen LogP contribution is -2.47. The molecule has 45 heavy (non-hydrogen) atoms. The third-order valence-electron chi connectivity index (χ3n) is 9.10. The highest BCUT2D eigenvalue weighted by molar-refractivity contribution is 8.76. The number of hydrogen-bond donors (Lipinski definition) is 2. The molecule has 234 valence electrons. The second-order valence-corrected chi connectivity index (χ2v) is 14.6. The van der Waals surface area contributed by atoms with Crippen LogP contribution in [0.2, 0.25) is 0 Å². The molecule has 1 amide bonds. The van der Waals surface area contributed by atoms with Crippen LogP contribution in [0, 0.1) is 12.7 Å². The molecule has 2 N–H and O–H groups in total. The summed E-state index contributed by atoms with van der Waals surface area (Å²) in [5, 5.41) is 16.2. The Hall–Kier alpha value is -3.61. The molecule has 3 atom stereocenters. The molecule has 0 unspecified atom stereocenters. The lowest BCUT2D eigenvalue weighted by Gasteiger charge is -2.37. The highest BCUT2D eigenvalue weighted by Crippen LogP contribution is 2.48. The fourth-order valence-electron chi connectivity index (χ4n) is 6.75. The summed E-state index contributed by atoms with van der Waals surface area (Å²) >= 11 is 0. The molecule has 2 aromatic heterocycles. The van der Waals surface area contributed by atoms with E-state index in [9.17, 15) is 14.7 Å². The topological polar surface area (TPSA) is 114 Å². The molecule has 9 nitrogen and oxygen atoms in total. The van der Waals surface area contributed by atoms with E-state index in [4.69, 9.17) is 14.5 Å². The van der Waals surface area contributed by atoms with Gasteiger partial charge < -0.3 is 24.8 Å². The summed E-state index contributed by atoms with van der Waals surface area (Å²) in [6.07, 6.45) is 4.44. The van der Waals surface area contributed by atoms with E-state index in [1.165, 1.54) is 16.9 Å². The molecule has 0 saturated carbocycles. The van der Waals surface area contributed by atoms with Crippen molar-refractivity contribution in [2.75, 3.05) is 19.8 Å². The minimum atomic E-state index is -1.73. The van der Waals surface area contributed by atoms with E-state index in [1.807, 2.05) is 31.2 Å². The quantitative estimate of drug-likeness (QED) is 0.241. The largest absolute Gasteiger partial charge is 0.459 e. The molecule has 5 heterocycles. The van der Waals surface area contributed by atoms with Crippen molar-refractivity contribution in [2.24, 2.45) is 0 Å². The Kier molecular flexibility index (Phi) is 7.77. The average molecular weight is 649 g/mol. The maximum atomic E-state index is 15.1. The first-order valence-electron chi connectivity index (χ1n) is 15.1. The molecule has 12 heteroatoms. The number of aliphatic hydroxyl groups is 1. The summed E-state index contributed by atoms with van der Waals surface area (Å²) in [7, 11) is 3.13. The van der Waals surface area contributed by atoms with Crippen molar-refractivity contribution in [1.82, 2.24) is 20.2 Å². The number of carbonyl (C=O) groups is 2. The van der Waals surface area contributed by atoms with Crippen molar-refractivity contribution in [1.29, 1.82) is 0 Å². The van der Waals surface area contributed by atoms with Crippen LogP contribution in [0.3, 0.4) is 0 Å². The number of amides is 1. The van der Waals surface area contributed by atoms with Crippen LogP contribution in [0.25, 0.3) is 16.6 Å². The highest BCUT2D eigenvalue weighted by atomic mass is 33.1. The normalized spacial score (nSPS) is 22.3. The Bertz CT molecular complexity index is 1800. The van der Waals surface area contributed by atoms with Crippen molar-refractivity contribution < 1.29 is 28.6 Å². The number of esters is 1. The van der Waals surface area contributed by atoms with Gasteiger partial charge in [-0.15, -0.1) is 0 Å². The smallest absolute Gasteiger partial charge is 0.407 e. The molecular weight excluding hydrogens is 616 g/mol. The Morgan fingerprint density at radius 1 is 1.33 bits per heavy atom. The third kappa shape index (κ3) is 5.16. The van der Waals surface area contributed by atoms with E-state index in [2.05, 4.69) is 15.2 Å². The number of halogens is 1. The summed E-state index contributed by atoms with van der Waals surface area (Å²) in [4.78, 5) is 37.2. The number of aryl methyl sites for hydroxylation is 1. The van der Waals surface area contributed by atoms with Crippen LogP contribution in [0.4, 0.5) is 9.18 Å². The number of cyclic esters (lactones) is 1. The van der Waals surface area contributed by atoms with Crippen LogP contribution in [0.1, 0.15) is 60.7 Å². The first-order valence-corrected chi connectivity index (χ1v) is 17.3. The molecule has 3 aromatic rings. The fourth-order valence-corrected chi connectivity index (χ4v) is 8.63. The van der Waals surface area contributed by atoms with Gasteiger partial charge in [0, 0.05) is 47.1 Å². The Morgan fingerprint density at radius 3 is 2.96 bits per heavy atom. The molecule has 3 aliphatic heterocycles. The Balaban J connectivity index is 1.19. The van der Waals surface area contributed by atoms with Crippen LogP contribution in [-0.2, 0) is 27.2 Å². The minimum absolute atomic E-state index is 0.0383. The van der Waals surface area contributed by atoms with Gasteiger partial charge in [-0.2, -0.15) is 0 Å². The molecule has 0 spiro atoms. The Morgan fingerprint density at radius 2 is 2.18 bits per heavy atom. The number of carbonyl (C=O) groups excluding carboxylic acids is 2. The van der Waals surface area contributed by atoms with Gasteiger partial charge in [0.1, 0.15) is 24.1 Å². The van der Waals surface area contributed by atoms with Gasteiger partial charge in [0.15, 0.2) is 5.60 Å². The van der Waals surface area contributed by atoms with Crippen LogP contribution in [-0.4, -0.2) is 62.6 Å². The maximum Gasteiger partial charge on any atom is 0.407 e. The van der Waals surface area contributed by atoms with Crippen LogP contribution in [0.15, 0.2) is 52.7 Å². The molecule has 0 fully saturated rings. The van der Waals surface area contributed by atoms with Crippen molar-refractivity contribution >= 4 is 50.3 Å². The molecule has 4 aliphatic rings. The van der Waals surface area contributed by atoms with E-state index in [0.29, 0.717) is 48.3 Å². The van der Waals surface area contributed by atoms with Gasteiger partial charge in [-0.25, -0.2) is 23.9 Å². The molecule has 1 aliphatic carbocycles. The van der Waals surface area contributed by atoms with Gasteiger partial charge in [-0.05, 0) is 84.4 Å². The van der Waals surface area contributed by atoms with Gasteiger partial charge in [-0.1, -0.05) is 23.8 Å². The summed E-state index contributed by atoms with van der Waals surface area (Å²) in [6, 6.07) is 6.85. The second kappa shape index (κ2) is 11.6. The highest BCUT2D eigenvalue weighted by Gasteiger charge is 2.47. The first-order chi connectivity index (χ1) is 21.7. The molecule has 0 saturated heterocycles. The van der Waals surface area contributed by atoms with Crippen molar-refractivity contribution in [3.63, 3.8) is 0 Å². The lowest BCUT2D eigenvalue weighted by molar-refractivity contribution is -0.163. The second-order valence-electron chi connectivity index (χ2n) is 11.9. The number of benzene rings is 1. The molecule has 1 aromatic carbocycles. The predicted octanol–water partition coefficient (Wildman–Crippen LogP) is 5.78. The maximum absolute atomic E-state index is 15.1. The lowest BCUT2D eigenvalue weighted by atomic mass is 9.81. The Labute approximate surface area is 268 Å². The summed E-state index contributed by atoms with van der Waals surface area (Å²) in [5.41, 5.74) is 5.03. The van der Waals surface area contributed by atoms with Crippen molar-refractivity contribution in [3.05, 3.63) is 81.4 Å². The van der Waals surface area contributed by atoms with E-state index >= 15 is 4.39 Å². The zero-order chi connectivity index (χ0) is 31.5. The number of pyridine rings is 2. The first kappa shape index (κ1) is 30.1. The minimum Gasteiger partial charge on any atom is -0.459 e. The zero-order valence-electron chi connectivity index (χ0n) is 25.2. The molecule has 0 bridgehead atoms. The number of ether oxygens (including phenoxy) is 2. The number of rotatable bonds is 7. The summed E-state index contributed by atoms with van der Waals surface area (Å²) < 4.78 is 26.2. The van der Waals surface area contributed by atoms with Crippen molar-refractivity contribution in [3.8, 4) is 0 Å². The average Bonchev–Trinajstić information content (AvgIpc) is 3.40. The van der Waals surface area contributed by atoms with Crippen molar-refractivity contribution in [2.45, 2.75) is 68.5 Å². The van der Waals surface area contributed by atoms with E-state index < -0.39 is 17.7 Å². The number of alkyl carbamates (subject to hydrolysis) is 1. The van der Waals surface area contributed by atoms with Gasteiger partial charge in [-0.3, -0.25) is 0 Å². The van der Waals surface area contributed by atoms with Crippen LogP contribution in [0.5, 0.6) is 0 Å². The van der Waals surface area contributed by atoms with E-state index in [0.717, 1.165) is 38.4 Å². The fraction of sp³-hybridized carbons (Fsp3) is 0.394. The number of nitrogens with zero attached hydrogens (tertiary/aromatic N) is 3. The monoisotopic (exact) mass is 648 g/mol. The van der Waals surface area contributed by atoms with Crippen LogP contribution >= 0.6 is 21.6 Å². The van der Waals surface area contributed by atoms with E-state index in [1.54, 1.807) is 30.8 Å². The van der Waals surface area contributed by atoms with Gasteiger partial charge >= 0.3 is 12.1 Å². The standard InChI is InChI=1S/C33H33FN4O5S2/c1-4-33(41)22-11-26-30-21(14-38(26)13-19(22)16-42-31(33)39)29-24(9-8-20-18(3)23(34)12-25(36-30)28(20)29)37-32(40)43-15-17(2)44-45-27-7-5-6-10-35-27/h5-7,10-12,17,24,41H,4,8-9,13-16H2,1-3H3,(H,37,40)/t17-,24-,33-/m0/s1. The number of nitrogens with one attached hydrogen (secondary N) is 1. The molecule has 0 radical (unpaired) electrons. The van der Waals surface area contributed by atoms with Crippen LogP contribution < -0.4 is 5.32 Å². The van der Waals surface area contributed by atoms with Gasteiger partial charge in [0.05, 0.1) is 22.9 Å². The van der Waals surface area contributed by atoms with Gasteiger partial charge in [0.25, 0.3) is 0 Å². The summed E-state index contributed by atoms with van der Waals surface area (Å²) in [6.45, 7) is 6.88. The number of fused-ring (bicyclic) bond motifs is 4. The van der Waals surface area contributed by atoms with Gasteiger partial charge in [0.2, 0.25) is 0 Å².